The second kappa shape index (κ2) is 9.80. The Bertz CT molecular complexity index is 490. The summed E-state index contributed by atoms with van der Waals surface area (Å²) in [6, 6.07) is 2.91. The third kappa shape index (κ3) is 6.96. The number of hydrogen-bond acceptors (Lipinski definition) is 6. The summed E-state index contributed by atoms with van der Waals surface area (Å²) in [5, 5.41) is 8.84. The highest BCUT2D eigenvalue weighted by molar-refractivity contribution is 7.89. The lowest BCUT2D eigenvalue weighted by Crippen LogP contribution is -2.25. The Morgan fingerprint density at radius 3 is 2.67 bits per heavy atom. The third-order valence-electron chi connectivity index (χ3n) is 2.69. The van der Waals surface area contributed by atoms with Gasteiger partial charge in [0, 0.05) is 26.5 Å². The zero-order chi connectivity index (χ0) is 15.6. The van der Waals surface area contributed by atoms with Gasteiger partial charge in [0.1, 0.15) is 0 Å². The van der Waals surface area contributed by atoms with E-state index in [-0.39, 0.29) is 11.6 Å². The molecule has 0 aliphatic heterocycles. The van der Waals surface area contributed by atoms with Crippen molar-refractivity contribution in [2.24, 2.45) is 0 Å². The van der Waals surface area contributed by atoms with Crippen molar-refractivity contribution < 1.29 is 23.0 Å². The number of hydrogen-bond donors (Lipinski definition) is 2. The minimum atomic E-state index is -3.59. The molecule has 0 unspecified atom stereocenters. The van der Waals surface area contributed by atoms with Crippen LogP contribution in [0.25, 0.3) is 0 Å². The topological polar surface area (TPSA) is 97.8 Å². The zero-order valence-electron chi connectivity index (χ0n) is 12.1. The molecule has 0 fully saturated rings. The second-order valence-electron chi connectivity index (χ2n) is 4.37. The van der Waals surface area contributed by atoms with Gasteiger partial charge in [-0.2, -0.15) is 0 Å². The lowest BCUT2D eigenvalue weighted by molar-refractivity contribution is 0.0689. The molecular formula is C13H22N2O5S. The van der Waals surface area contributed by atoms with E-state index < -0.39 is 10.0 Å². The quantitative estimate of drug-likeness (QED) is 0.569. The summed E-state index contributed by atoms with van der Waals surface area (Å²) in [6.07, 6.45) is 2.79. The van der Waals surface area contributed by atoms with Gasteiger partial charge in [0.05, 0.1) is 19.8 Å². The van der Waals surface area contributed by atoms with Crippen molar-refractivity contribution in [2.75, 3.05) is 33.5 Å². The fourth-order valence-electron chi connectivity index (χ4n) is 1.52. The highest BCUT2D eigenvalue weighted by atomic mass is 32.2. The molecule has 0 amide bonds. The molecule has 2 N–H and O–H groups in total. The minimum Gasteiger partial charge on any atom is -0.392 e. The Kier molecular flexibility index (Phi) is 8.40. The molecule has 120 valence electrons. The van der Waals surface area contributed by atoms with E-state index in [9.17, 15) is 8.42 Å². The van der Waals surface area contributed by atoms with Crippen LogP contribution in [0.3, 0.4) is 0 Å². The fraction of sp³-hybridized carbons (Fsp3) is 0.615. The Morgan fingerprint density at radius 1 is 1.24 bits per heavy atom. The number of ether oxygens (including phenoxy) is 2. The lowest BCUT2D eigenvalue weighted by Gasteiger charge is -2.07. The highest BCUT2D eigenvalue weighted by Crippen LogP contribution is 2.06. The van der Waals surface area contributed by atoms with Crippen LogP contribution in [0.4, 0.5) is 0 Å². The van der Waals surface area contributed by atoms with Gasteiger partial charge in [0.15, 0.2) is 5.03 Å². The van der Waals surface area contributed by atoms with Crippen LogP contribution in [-0.2, 0) is 26.1 Å². The molecular weight excluding hydrogens is 296 g/mol. The number of aromatic nitrogens is 1. The smallest absolute Gasteiger partial charge is 0.258 e. The number of rotatable bonds is 11. The molecule has 0 bridgehead atoms. The van der Waals surface area contributed by atoms with E-state index in [0.717, 1.165) is 6.42 Å². The first-order valence-corrected chi connectivity index (χ1v) is 8.20. The van der Waals surface area contributed by atoms with Gasteiger partial charge in [-0.15, -0.1) is 0 Å². The summed E-state index contributed by atoms with van der Waals surface area (Å²) in [4.78, 5) is 3.82. The molecule has 0 aliphatic carbocycles. The average molecular weight is 318 g/mol. The Balaban J connectivity index is 2.26. The first kappa shape index (κ1) is 18.0. The van der Waals surface area contributed by atoms with Gasteiger partial charge in [-0.25, -0.2) is 18.1 Å². The van der Waals surface area contributed by atoms with Gasteiger partial charge < -0.3 is 14.6 Å². The van der Waals surface area contributed by atoms with Gasteiger partial charge in [-0.05, 0) is 24.5 Å². The SMILES string of the molecule is COCCOCCCCNS(=O)(=O)c1ccc(CO)cn1. The number of unbranched alkanes of at least 4 members (excludes halogenated alkanes) is 1. The molecule has 0 aromatic carbocycles. The van der Waals surface area contributed by atoms with Crippen LogP contribution in [0.2, 0.25) is 0 Å². The lowest BCUT2D eigenvalue weighted by atomic mass is 10.3. The maximum absolute atomic E-state index is 11.9. The summed E-state index contributed by atoms with van der Waals surface area (Å²) in [7, 11) is -1.98. The molecule has 21 heavy (non-hydrogen) atoms. The summed E-state index contributed by atoms with van der Waals surface area (Å²) in [5.74, 6) is 0. The average Bonchev–Trinajstić information content (AvgIpc) is 2.50. The molecule has 0 aliphatic rings. The molecule has 7 nitrogen and oxygen atoms in total. The van der Waals surface area contributed by atoms with Crippen molar-refractivity contribution in [3.63, 3.8) is 0 Å². The maximum atomic E-state index is 11.9. The molecule has 1 rings (SSSR count). The maximum Gasteiger partial charge on any atom is 0.258 e. The number of nitrogens with one attached hydrogen (secondary N) is 1. The normalized spacial score (nSPS) is 11.7. The van der Waals surface area contributed by atoms with Gasteiger partial charge in [0.25, 0.3) is 10.0 Å². The van der Waals surface area contributed by atoms with Crippen LogP contribution in [0, 0.1) is 0 Å². The Hall–Kier alpha value is -1.06. The van der Waals surface area contributed by atoms with Gasteiger partial charge in [-0.1, -0.05) is 6.07 Å². The van der Waals surface area contributed by atoms with E-state index in [0.29, 0.717) is 38.3 Å². The number of sulfonamides is 1. The molecule has 1 aromatic rings. The zero-order valence-corrected chi connectivity index (χ0v) is 12.9. The molecule has 1 aromatic heterocycles. The van der Waals surface area contributed by atoms with Gasteiger partial charge in [0.2, 0.25) is 0 Å². The Morgan fingerprint density at radius 2 is 2.05 bits per heavy atom. The molecule has 1 heterocycles. The number of aliphatic hydroxyl groups excluding tert-OH is 1. The summed E-state index contributed by atoms with van der Waals surface area (Å²) < 4.78 is 36.4. The number of aliphatic hydroxyl groups is 1. The molecule has 0 spiro atoms. The Labute approximate surface area is 125 Å². The molecule has 0 saturated carbocycles. The van der Waals surface area contributed by atoms with Gasteiger partial charge in [-0.3, -0.25) is 0 Å². The molecule has 0 radical (unpaired) electrons. The van der Waals surface area contributed by atoms with E-state index >= 15 is 0 Å². The van der Waals surface area contributed by atoms with Crippen molar-refractivity contribution in [3.8, 4) is 0 Å². The minimum absolute atomic E-state index is 0.0453. The predicted molar refractivity (Wildman–Crippen MR) is 77.3 cm³/mol. The van der Waals surface area contributed by atoms with Crippen molar-refractivity contribution in [3.05, 3.63) is 23.9 Å². The summed E-state index contributed by atoms with van der Waals surface area (Å²) in [6.45, 7) is 1.85. The van der Waals surface area contributed by atoms with Crippen molar-refractivity contribution >= 4 is 10.0 Å². The predicted octanol–water partition coefficient (Wildman–Crippen LogP) is 0.295. The summed E-state index contributed by atoms with van der Waals surface area (Å²) >= 11 is 0. The van der Waals surface area contributed by atoms with Crippen molar-refractivity contribution in [1.29, 1.82) is 0 Å². The van der Waals surface area contributed by atoms with Crippen molar-refractivity contribution in [2.45, 2.75) is 24.5 Å². The van der Waals surface area contributed by atoms with E-state index in [4.69, 9.17) is 14.6 Å². The number of nitrogens with zero attached hydrogens (tertiary/aromatic N) is 1. The summed E-state index contributed by atoms with van der Waals surface area (Å²) in [5.41, 5.74) is 0.571. The molecule has 0 atom stereocenters. The number of pyridine rings is 1. The van der Waals surface area contributed by atoms with Crippen LogP contribution in [-0.4, -0.2) is 52.0 Å². The van der Waals surface area contributed by atoms with Crippen LogP contribution in [0.1, 0.15) is 18.4 Å². The van der Waals surface area contributed by atoms with Crippen LogP contribution >= 0.6 is 0 Å². The highest BCUT2D eigenvalue weighted by Gasteiger charge is 2.14. The van der Waals surface area contributed by atoms with E-state index in [2.05, 4.69) is 9.71 Å². The van der Waals surface area contributed by atoms with Crippen molar-refractivity contribution in [1.82, 2.24) is 9.71 Å². The van der Waals surface area contributed by atoms with E-state index in [1.54, 1.807) is 7.11 Å². The van der Waals surface area contributed by atoms with Crippen LogP contribution in [0.5, 0.6) is 0 Å². The second-order valence-corrected chi connectivity index (χ2v) is 6.09. The molecule has 0 saturated heterocycles. The molecule has 8 heteroatoms. The standard InChI is InChI=1S/C13H22N2O5S/c1-19-8-9-20-7-3-2-6-15-21(17,18)13-5-4-12(11-16)10-14-13/h4-5,10,15-16H,2-3,6-9,11H2,1H3. The largest absolute Gasteiger partial charge is 0.392 e. The van der Waals surface area contributed by atoms with Crippen LogP contribution in [0.15, 0.2) is 23.4 Å². The first-order valence-electron chi connectivity index (χ1n) is 6.72. The monoisotopic (exact) mass is 318 g/mol. The van der Waals surface area contributed by atoms with E-state index in [1.165, 1.54) is 18.3 Å². The third-order valence-corrected chi connectivity index (χ3v) is 4.07. The fourth-order valence-corrected chi connectivity index (χ4v) is 2.52. The first-order chi connectivity index (χ1) is 10.1. The van der Waals surface area contributed by atoms with Crippen LogP contribution < -0.4 is 4.72 Å². The number of methoxy groups -OCH3 is 1. The van der Waals surface area contributed by atoms with Gasteiger partial charge >= 0.3 is 0 Å². The van der Waals surface area contributed by atoms with E-state index in [1.807, 2.05) is 0 Å².